The Balaban J connectivity index is 0.00000392. The number of hydrogen-bond donors (Lipinski definition) is 1. The topological polar surface area (TPSA) is 35.8 Å². The molecule has 0 spiro atoms. The van der Waals surface area contributed by atoms with Gasteiger partial charge in [0, 0.05) is 39.6 Å². The monoisotopic (exact) mass is 535 g/mol. The van der Waals surface area contributed by atoms with Gasteiger partial charge in [0.2, 0.25) is 0 Å². The van der Waals surface area contributed by atoms with E-state index in [9.17, 15) is 13.2 Å². The summed E-state index contributed by atoms with van der Waals surface area (Å²) >= 11 is 6.03. The third-order valence-electron chi connectivity index (χ3n) is 4.99. The predicted octanol–water partition coefficient (Wildman–Crippen LogP) is 3.97. The fourth-order valence-corrected chi connectivity index (χ4v) is 3.77. The average molecular weight is 536 g/mol. The van der Waals surface area contributed by atoms with Crippen LogP contribution >= 0.6 is 35.6 Å². The lowest BCUT2D eigenvalue weighted by Crippen LogP contribution is -2.42. The molecule has 0 amide bonds. The van der Waals surface area contributed by atoms with Crippen molar-refractivity contribution in [3.8, 4) is 0 Å². The Bertz CT molecular complexity index is 627. The normalized spacial score (nSPS) is 16.8. The summed E-state index contributed by atoms with van der Waals surface area (Å²) in [7, 11) is 5.66. The Morgan fingerprint density at radius 3 is 2.50 bits per heavy atom. The molecule has 0 aromatic carbocycles. The first-order valence-electron chi connectivity index (χ1n) is 9.19. The number of halogens is 5. The van der Waals surface area contributed by atoms with E-state index < -0.39 is 12.7 Å². The molecule has 1 aromatic rings. The maximum Gasteiger partial charge on any atom is 0.401 e. The zero-order valence-corrected chi connectivity index (χ0v) is 19.7. The molecule has 1 fully saturated rings. The van der Waals surface area contributed by atoms with Crippen LogP contribution in [0.1, 0.15) is 25.0 Å². The number of rotatable bonds is 6. The van der Waals surface area contributed by atoms with Crippen molar-refractivity contribution in [1.82, 2.24) is 19.7 Å². The molecular weight excluding hydrogens is 506 g/mol. The molecule has 2 rings (SSSR count). The Labute approximate surface area is 187 Å². The van der Waals surface area contributed by atoms with E-state index in [1.165, 1.54) is 4.90 Å². The SMILES string of the molecule is CN=C(NCCC1CCN(CC(F)(F)F)CC1)N(C)Cc1cc(Cl)cn1C.I. The third-order valence-corrected chi connectivity index (χ3v) is 5.20. The number of nitrogens with zero attached hydrogens (tertiary/aromatic N) is 4. The van der Waals surface area contributed by atoms with Crippen molar-refractivity contribution in [2.24, 2.45) is 18.0 Å². The number of aromatic nitrogens is 1. The maximum atomic E-state index is 12.4. The molecular formula is C18H30ClF3IN5. The summed E-state index contributed by atoms with van der Waals surface area (Å²) < 4.78 is 39.3. The smallest absolute Gasteiger partial charge is 0.356 e. The largest absolute Gasteiger partial charge is 0.401 e. The fraction of sp³-hybridized carbons (Fsp3) is 0.722. The number of hydrogen-bond acceptors (Lipinski definition) is 2. The van der Waals surface area contributed by atoms with Crippen LogP contribution in [-0.4, -0.2) is 66.8 Å². The van der Waals surface area contributed by atoms with Gasteiger partial charge >= 0.3 is 6.18 Å². The second kappa shape index (κ2) is 11.5. The van der Waals surface area contributed by atoms with Crippen LogP contribution in [0.5, 0.6) is 0 Å². The van der Waals surface area contributed by atoms with Crippen molar-refractivity contribution in [3.63, 3.8) is 0 Å². The van der Waals surface area contributed by atoms with Gasteiger partial charge in [-0.05, 0) is 44.3 Å². The van der Waals surface area contributed by atoms with Crippen molar-refractivity contribution < 1.29 is 13.2 Å². The standard InChI is InChI=1S/C18H29ClF3N5.HI/c1-23-17(26(3)12-16-10-15(19)11-25(16)2)24-7-4-14-5-8-27(9-6-14)13-18(20,21)22;/h10-11,14H,4-9,12-13H2,1-3H3,(H,23,24);1H. The van der Waals surface area contributed by atoms with Gasteiger partial charge in [-0.2, -0.15) is 13.2 Å². The molecule has 1 N–H and O–H groups in total. The highest BCUT2D eigenvalue weighted by Gasteiger charge is 2.32. The minimum atomic E-state index is -4.10. The van der Waals surface area contributed by atoms with E-state index in [0.29, 0.717) is 30.6 Å². The highest BCUT2D eigenvalue weighted by molar-refractivity contribution is 14.0. The third kappa shape index (κ3) is 8.36. The first-order chi connectivity index (χ1) is 12.7. The molecule has 0 radical (unpaired) electrons. The molecule has 1 aliphatic rings. The number of likely N-dealkylation sites (tertiary alicyclic amines) is 1. The fourth-order valence-electron chi connectivity index (χ4n) is 3.50. The summed E-state index contributed by atoms with van der Waals surface area (Å²) in [6, 6.07) is 1.93. The van der Waals surface area contributed by atoms with Crippen molar-refractivity contribution in [2.75, 3.05) is 40.3 Å². The van der Waals surface area contributed by atoms with E-state index in [1.807, 2.05) is 35.8 Å². The Morgan fingerprint density at radius 1 is 1.36 bits per heavy atom. The summed E-state index contributed by atoms with van der Waals surface area (Å²) in [6.45, 7) is 1.69. The quantitative estimate of drug-likeness (QED) is 0.340. The van der Waals surface area contributed by atoms with E-state index in [1.54, 1.807) is 7.05 Å². The van der Waals surface area contributed by atoms with Crippen LogP contribution in [-0.2, 0) is 13.6 Å². The number of alkyl halides is 3. The first kappa shape index (κ1) is 25.4. The zero-order valence-electron chi connectivity index (χ0n) is 16.6. The number of nitrogens with one attached hydrogen (secondary N) is 1. The van der Waals surface area contributed by atoms with Gasteiger partial charge in [0.1, 0.15) is 0 Å². The number of guanidine groups is 1. The van der Waals surface area contributed by atoms with E-state index in [-0.39, 0.29) is 24.0 Å². The average Bonchev–Trinajstić information content (AvgIpc) is 2.89. The number of aliphatic imine (C=N–C) groups is 1. The molecule has 5 nitrogen and oxygen atoms in total. The number of aryl methyl sites for hydroxylation is 1. The van der Waals surface area contributed by atoms with Crippen molar-refractivity contribution in [3.05, 3.63) is 23.0 Å². The lowest BCUT2D eigenvalue weighted by molar-refractivity contribution is -0.148. The highest BCUT2D eigenvalue weighted by atomic mass is 127. The molecule has 2 heterocycles. The van der Waals surface area contributed by atoms with Gasteiger partial charge in [-0.1, -0.05) is 11.6 Å². The maximum absolute atomic E-state index is 12.4. The summed E-state index contributed by atoms with van der Waals surface area (Å²) in [4.78, 5) is 7.84. The minimum Gasteiger partial charge on any atom is -0.356 e. The van der Waals surface area contributed by atoms with Gasteiger partial charge in [0.15, 0.2) is 5.96 Å². The van der Waals surface area contributed by atoms with Crippen LogP contribution in [0.2, 0.25) is 5.02 Å². The zero-order chi connectivity index (χ0) is 20.0. The van der Waals surface area contributed by atoms with Gasteiger partial charge in [-0.15, -0.1) is 24.0 Å². The molecule has 0 atom stereocenters. The molecule has 10 heteroatoms. The van der Waals surface area contributed by atoms with E-state index >= 15 is 0 Å². The molecule has 0 unspecified atom stereocenters. The lowest BCUT2D eigenvalue weighted by Gasteiger charge is -2.32. The van der Waals surface area contributed by atoms with Crippen molar-refractivity contribution in [1.29, 1.82) is 0 Å². The highest BCUT2D eigenvalue weighted by Crippen LogP contribution is 2.24. The molecule has 0 saturated carbocycles. The number of piperidine rings is 1. The van der Waals surface area contributed by atoms with Gasteiger partial charge in [-0.25, -0.2) is 0 Å². The summed E-state index contributed by atoms with van der Waals surface area (Å²) in [6.07, 6.45) is 0.324. The summed E-state index contributed by atoms with van der Waals surface area (Å²) in [5.74, 6) is 1.25. The van der Waals surface area contributed by atoms with Crippen LogP contribution in [0.4, 0.5) is 13.2 Å². The van der Waals surface area contributed by atoms with Crippen LogP contribution in [0.25, 0.3) is 0 Å². The second-order valence-corrected chi connectivity index (χ2v) is 7.65. The first-order valence-corrected chi connectivity index (χ1v) is 9.57. The van der Waals surface area contributed by atoms with Gasteiger partial charge in [0.05, 0.1) is 18.1 Å². The molecule has 0 aliphatic carbocycles. The van der Waals surface area contributed by atoms with E-state index in [4.69, 9.17) is 11.6 Å². The molecule has 162 valence electrons. The van der Waals surface area contributed by atoms with Crippen LogP contribution in [0, 0.1) is 5.92 Å². The van der Waals surface area contributed by atoms with E-state index in [2.05, 4.69) is 10.3 Å². The van der Waals surface area contributed by atoms with Crippen LogP contribution in [0.3, 0.4) is 0 Å². The summed E-state index contributed by atoms with van der Waals surface area (Å²) in [5, 5.41) is 4.06. The van der Waals surface area contributed by atoms with E-state index in [0.717, 1.165) is 37.5 Å². The molecule has 1 saturated heterocycles. The van der Waals surface area contributed by atoms with Crippen LogP contribution in [0.15, 0.2) is 17.3 Å². The molecule has 28 heavy (non-hydrogen) atoms. The van der Waals surface area contributed by atoms with Crippen LogP contribution < -0.4 is 5.32 Å². The Morgan fingerprint density at radius 2 is 2.00 bits per heavy atom. The predicted molar refractivity (Wildman–Crippen MR) is 119 cm³/mol. The van der Waals surface area contributed by atoms with Gasteiger partial charge in [0.25, 0.3) is 0 Å². The molecule has 1 aromatic heterocycles. The lowest BCUT2D eigenvalue weighted by atomic mass is 9.93. The Hall–Kier alpha value is -0.680. The second-order valence-electron chi connectivity index (χ2n) is 7.21. The van der Waals surface area contributed by atoms with Crippen molar-refractivity contribution >= 4 is 41.5 Å². The summed E-state index contributed by atoms with van der Waals surface area (Å²) in [5.41, 5.74) is 1.09. The molecule has 0 bridgehead atoms. The Kier molecular flexibility index (Phi) is 10.4. The van der Waals surface area contributed by atoms with Gasteiger partial charge in [-0.3, -0.25) is 9.89 Å². The minimum absolute atomic E-state index is 0. The van der Waals surface area contributed by atoms with Crippen molar-refractivity contribution in [2.45, 2.75) is 32.0 Å². The van der Waals surface area contributed by atoms with Gasteiger partial charge < -0.3 is 14.8 Å². The molecule has 1 aliphatic heterocycles.